The number of amidine groups is 1. The van der Waals surface area contributed by atoms with E-state index in [4.69, 9.17) is 26.2 Å². The fraction of sp³-hybridized carbons (Fsp3) is 0.360. The minimum absolute atomic E-state index is 0.123. The average Bonchev–Trinajstić information content (AvgIpc) is 3.63. The highest BCUT2D eigenvalue weighted by Gasteiger charge is 2.43. The highest BCUT2D eigenvalue weighted by molar-refractivity contribution is 7.90. The van der Waals surface area contributed by atoms with Crippen molar-refractivity contribution in [2.75, 3.05) is 6.54 Å². The van der Waals surface area contributed by atoms with E-state index in [2.05, 4.69) is 14.8 Å². The molecule has 4 heterocycles. The predicted molar refractivity (Wildman–Crippen MR) is 143 cm³/mol. The van der Waals surface area contributed by atoms with Crippen molar-refractivity contribution >= 4 is 50.5 Å². The number of carbonyl (C=O) groups excluding carboxylic acids is 2. The lowest BCUT2D eigenvalue weighted by molar-refractivity contribution is -0.191. The Morgan fingerprint density at radius 1 is 1.20 bits per heavy atom. The van der Waals surface area contributed by atoms with Crippen molar-refractivity contribution in [3.63, 3.8) is 0 Å². The molecule has 2 atom stereocenters. The molecule has 10 nitrogen and oxygen atoms in total. The van der Waals surface area contributed by atoms with Crippen molar-refractivity contribution in [1.29, 1.82) is 0 Å². The lowest BCUT2D eigenvalue weighted by Crippen LogP contribution is -2.45. The number of benzene rings is 1. The second-order valence-corrected chi connectivity index (χ2v) is 12.8. The summed E-state index contributed by atoms with van der Waals surface area (Å²) in [6.45, 7) is -2.57. The molecule has 2 aliphatic heterocycles. The van der Waals surface area contributed by atoms with Gasteiger partial charge in [-0.25, -0.2) is 27.2 Å². The van der Waals surface area contributed by atoms with Crippen LogP contribution < -0.4 is 4.72 Å². The van der Waals surface area contributed by atoms with Gasteiger partial charge in [-0.3, -0.25) is 4.99 Å². The lowest BCUT2D eigenvalue weighted by atomic mass is 9.92. The largest absolute Gasteiger partial charge is 0.373 e. The van der Waals surface area contributed by atoms with Crippen LogP contribution in [0.2, 0.25) is 5.02 Å². The number of nitrogens with one attached hydrogen (secondary N) is 1. The fourth-order valence-electron chi connectivity index (χ4n) is 5.04. The number of nitrogens with zero attached hydrogens (tertiary/aromatic N) is 5. The normalized spacial score (nSPS) is 20.7. The predicted octanol–water partition coefficient (Wildman–Crippen LogP) is 4.40. The van der Waals surface area contributed by atoms with Crippen LogP contribution in [0.3, 0.4) is 0 Å². The summed E-state index contributed by atoms with van der Waals surface area (Å²) in [5, 5.41) is 6.21. The Morgan fingerprint density at radius 2 is 1.95 bits per heavy atom. The molecule has 0 spiro atoms. The first-order valence-electron chi connectivity index (χ1n) is 12.4. The molecule has 1 saturated heterocycles. The third-order valence-corrected chi connectivity index (χ3v) is 10.2. The Morgan fingerprint density at radius 3 is 2.54 bits per heavy atom. The van der Waals surface area contributed by atoms with Gasteiger partial charge in [-0.1, -0.05) is 24.1 Å². The zero-order chi connectivity index (χ0) is 29.3. The quantitative estimate of drug-likeness (QED) is 0.412. The molecule has 1 N–H and O–H groups in total. The molecule has 1 aliphatic carbocycles. The van der Waals surface area contributed by atoms with Crippen LogP contribution in [0.15, 0.2) is 52.7 Å². The molecule has 41 heavy (non-hydrogen) atoms. The summed E-state index contributed by atoms with van der Waals surface area (Å²) < 4.78 is 70.1. The molecular formula is C25H22ClF3N6O4S2. The molecule has 6 rings (SSSR count). The van der Waals surface area contributed by atoms with E-state index in [1.807, 2.05) is 4.90 Å². The molecule has 2 aromatic heterocycles. The van der Waals surface area contributed by atoms with Gasteiger partial charge >= 0.3 is 12.7 Å². The topological polar surface area (TPSA) is 127 Å². The highest BCUT2D eigenvalue weighted by Crippen LogP contribution is 2.46. The summed E-state index contributed by atoms with van der Waals surface area (Å²) in [6, 6.07) is 4.12. The summed E-state index contributed by atoms with van der Waals surface area (Å²) in [5.41, 5.74) is 1.90. The van der Waals surface area contributed by atoms with Crippen molar-refractivity contribution < 1.29 is 31.2 Å². The van der Waals surface area contributed by atoms with Crippen molar-refractivity contribution in [2.45, 2.75) is 49.6 Å². The molecule has 1 saturated carbocycles. The Hall–Kier alpha value is -3.36. The Kier molecular flexibility index (Phi) is 8.43. The van der Waals surface area contributed by atoms with E-state index in [9.17, 15) is 21.6 Å². The van der Waals surface area contributed by atoms with Crippen molar-refractivity contribution in [1.82, 2.24) is 24.4 Å². The van der Waals surface area contributed by atoms with Crippen LogP contribution >= 0.6 is 22.9 Å². The van der Waals surface area contributed by atoms with Crippen LogP contribution in [0.1, 0.15) is 54.5 Å². The summed E-state index contributed by atoms with van der Waals surface area (Å²) in [6.07, 6.45) is 5.48. The van der Waals surface area contributed by atoms with Crippen molar-refractivity contribution in [3.8, 4) is 0 Å². The maximum Gasteiger partial charge on any atom is 0.373 e. The van der Waals surface area contributed by atoms with E-state index in [0.29, 0.717) is 45.2 Å². The summed E-state index contributed by atoms with van der Waals surface area (Å²) in [7, 11) is -3.52. The van der Waals surface area contributed by atoms with Gasteiger partial charge in [0.25, 0.3) is 0 Å². The number of alkyl halides is 2. The van der Waals surface area contributed by atoms with Gasteiger partial charge < -0.3 is 4.90 Å². The van der Waals surface area contributed by atoms with Crippen LogP contribution in [-0.4, -0.2) is 57.9 Å². The molecular weight excluding hydrogens is 605 g/mol. The number of hydrogen-bond donors (Lipinski definition) is 1. The molecule has 0 unspecified atom stereocenters. The van der Waals surface area contributed by atoms with E-state index in [-0.39, 0.29) is 29.8 Å². The minimum Gasteiger partial charge on any atom is -0.326 e. The smallest absolute Gasteiger partial charge is 0.326 e. The zero-order valence-electron chi connectivity index (χ0n) is 21.1. The number of fused-ring (bicyclic) bond motifs is 1. The van der Waals surface area contributed by atoms with Gasteiger partial charge in [0, 0.05) is 58.6 Å². The van der Waals surface area contributed by atoms with Gasteiger partial charge in [0.1, 0.15) is 11.9 Å². The van der Waals surface area contributed by atoms with Crippen LogP contribution in [0.5, 0.6) is 0 Å². The number of halogens is 4. The highest BCUT2D eigenvalue weighted by atomic mass is 35.5. The van der Waals surface area contributed by atoms with E-state index >= 15 is 0 Å². The van der Waals surface area contributed by atoms with Gasteiger partial charge in [0.05, 0.1) is 10.9 Å². The number of hydrogen-bond acceptors (Lipinski definition) is 9. The van der Waals surface area contributed by atoms with Gasteiger partial charge in [-0.15, -0.1) is 11.3 Å². The van der Waals surface area contributed by atoms with E-state index in [1.165, 1.54) is 41.8 Å². The number of sulfonamides is 1. The number of aromatic nitrogens is 3. The summed E-state index contributed by atoms with van der Waals surface area (Å²) >= 11 is 7.83. The molecule has 3 aliphatic rings. The Balaban J connectivity index is 0.00000108. The number of thiazole rings is 1. The van der Waals surface area contributed by atoms with E-state index in [0.717, 1.165) is 6.42 Å². The second kappa shape index (κ2) is 11.9. The van der Waals surface area contributed by atoms with Gasteiger partial charge in [0.15, 0.2) is 10.8 Å². The van der Waals surface area contributed by atoms with Crippen LogP contribution in [-0.2, 0) is 19.6 Å². The lowest BCUT2D eigenvalue weighted by Gasteiger charge is -2.32. The first-order chi connectivity index (χ1) is 19.6. The zero-order valence-corrected chi connectivity index (χ0v) is 23.5. The summed E-state index contributed by atoms with van der Waals surface area (Å²) in [5.74, 6) is -0.0226. The molecule has 0 radical (unpaired) electrons. The molecule has 1 aromatic carbocycles. The van der Waals surface area contributed by atoms with Gasteiger partial charge in [-0.2, -0.15) is 23.5 Å². The van der Waals surface area contributed by atoms with E-state index in [1.54, 1.807) is 11.6 Å². The van der Waals surface area contributed by atoms with Crippen molar-refractivity contribution in [2.24, 2.45) is 4.99 Å². The van der Waals surface area contributed by atoms with Crippen molar-refractivity contribution in [3.05, 3.63) is 74.8 Å². The molecule has 216 valence electrons. The van der Waals surface area contributed by atoms with E-state index < -0.39 is 39.7 Å². The monoisotopic (exact) mass is 626 g/mol. The molecule has 0 amide bonds. The standard InChI is InChI=1S/C24H22ClF3N6O2S2.CO2/c25-17-10-13(26)4-5-16(17)21-20(18-6-8-34(31-18)24(27)28)19-11-14(32-38(35,36)15-2-1-3-15)12-33(19)22(30-21)23-29-7-9-37-23;2-1-3/h4-10,14-15,21,24,32H,1-3,11-12H2;/t14-,21-;/m0./s1. The Labute approximate surface area is 241 Å². The number of aliphatic imine (C=N–C) groups is 1. The second-order valence-electron chi connectivity index (χ2n) is 9.49. The fourth-order valence-corrected chi connectivity index (χ4v) is 7.72. The van der Waals surface area contributed by atoms with Gasteiger partial charge in [0.2, 0.25) is 10.0 Å². The minimum atomic E-state index is -3.52. The maximum atomic E-state index is 13.9. The maximum absolute atomic E-state index is 13.9. The van der Waals surface area contributed by atoms with Gasteiger partial charge in [-0.05, 0) is 31.0 Å². The third kappa shape index (κ3) is 5.86. The summed E-state index contributed by atoms with van der Waals surface area (Å²) in [4.78, 5) is 27.5. The molecule has 3 aromatic rings. The SMILES string of the molecule is O=C=O.O=S(=O)(N[C@H]1CC2=C(c3ccn(C(F)F)n3)[C@H](c3ccc(F)cc3Cl)N=C(c3nccs3)N2C1)C1CCC1. The first kappa shape index (κ1) is 29.1. The van der Waals surface area contributed by atoms with Crippen LogP contribution in [0.25, 0.3) is 5.57 Å². The number of rotatable bonds is 7. The Bertz CT molecular complexity index is 1630. The third-order valence-electron chi connectivity index (χ3n) is 7.05. The van der Waals surface area contributed by atoms with Crippen LogP contribution in [0.4, 0.5) is 13.2 Å². The molecule has 2 fully saturated rings. The molecule has 16 heteroatoms. The average molecular weight is 627 g/mol. The van der Waals surface area contributed by atoms with Crippen LogP contribution in [0, 0.1) is 5.82 Å². The first-order valence-corrected chi connectivity index (χ1v) is 15.2. The molecule has 0 bridgehead atoms.